The number of carboxylic acids is 1. The molecule has 2 rings (SSSR count). The molecule has 0 atom stereocenters. The van der Waals surface area contributed by atoms with Gasteiger partial charge in [-0.25, -0.2) is 4.79 Å². The second-order valence-corrected chi connectivity index (χ2v) is 3.70. The van der Waals surface area contributed by atoms with E-state index in [0.29, 0.717) is 5.56 Å². The number of aromatic nitrogens is 1. The number of rotatable bonds is 2. The second-order valence-electron chi connectivity index (χ2n) is 3.35. The van der Waals surface area contributed by atoms with Crippen LogP contribution in [0.15, 0.2) is 28.8 Å². The Morgan fingerprint density at radius 2 is 2.25 bits per heavy atom. The molecule has 0 bridgehead atoms. The highest BCUT2D eigenvalue weighted by molar-refractivity contribution is 6.32. The maximum atomic E-state index is 11.0. The molecule has 16 heavy (non-hydrogen) atoms. The zero-order valence-corrected chi connectivity index (χ0v) is 9.15. The van der Waals surface area contributed by atoms with Crippen molar-refractivity contribution in [1.29, 1.82) is 0 Å². The first kappa shape index (κ1) is 10.7. The van der Waals surface area contributed by atoms with Crippen LogP contribution in [0.5, 0.6) is 0 Å². The summed E-state index contributed by atoms with van der Waals surface area (Å²) in [5.74, 6) is -1.15. The summed E-state index contributed by atoms with van der Waals surface area (Å²) in [4.78, 5) is 11.0. The number of carbonyl (C=O) groups is 1. The normalized spacial score (nSPS) is 10.4. The molecule has 0 radical (unpaired) electrons. The van der Waals surface area contributed by atoms with E-state index in [-0.39, 0.29) is 16.5 Å². The van der Waals surface area contributed by atoms with Gasteiger partial charge >= 0.3 is 5.97 Å². The van der Waals surface area contributed by atoms with Crippen LogP contribution < -0.4 is 0 Å². The Bertz CT molecular complexity index is 548. The SMILES string of the molecule is Cc1cccc(-c2noc(Cl)c2C(=O)O)c1. The molecule has 1 aromatic carbocycles. The number of benzene rings is 1. The lowest BCUT2D eigenvalue weighted by Gasteiger charge is -1.99. The molecule has 1 heterocycles. The predicted octanol–water partition coefficient (Wildman–Crippen LogP) is 3.00. The van der Waals surface area contributed by atoms with Gasteiger partial charge in [0.25, 0.3) is 0 Å². The van der Waals surface area contributed by atoms with E-state index in [4.69, 9.17) is 16.7 Å². The molecule has 0 amide bonds. The monoisotopic (exact) mass is 237 g/mol. The third-order valence-corrected chi connectivity index (χ3v) is 2.41. The van der Waals surface area contributed by atoms with Crippen LogP contribution in [0.1, 0.15) is 15.9 Å². The van der Waals surface area contributed by atoms with Crippen molar-refractivity contribution in [3.63, 3.8) is 0 Å². The zero-order chi connectivity index (χ0) is 11.7. The number of halogens is 1. The summed E-state index contributed by atoms with van der Waals surface area (Å²) in [6.07, 6.45) is 0. The Balaban J connectivity index is 2.60. The van der Waals surface area contributed by atoms with Gasteiger partial charge in [0, 0.05) is 5.56 Å². The molecule has 1 N–H and O–H groups in total. The van der Waals surface area contributed by atoms with E-state index in [1.54, 1.807) is 6.07 Å². The summed E-state index contributed by atoms with van der Waals surface area (Å²) in [5, 5.41) is 12.4. The van der Waals surface area contributed by atoms with E-state index in [2.05, 4.69) is 9.68 Å². The number of hydrogen-bond acceptors (Lipinski definition) is 3. The van der Waals surface area contributed by atoms with Crippen LogP contribution in [0.25, 0.3) is 11.3 Å². The van der Waals surface area contributed by atoms with E-state index in [1.165, 1.54) is 0 Å². The third kappa shape index (κ3) is 1.79. The van der Waals surface area contributed by atoms with Gasteiger partial charge in [0.15, 0.2) is 0 Å². The minimum atomic E-state index is -1.15. The first-order chi connectivity index (χ1) is 7.59. The Labute approximate surface area is 96.4 Å². The van der Waals surface area contributed by atoms with Crippen molar-refractivity contribution >= 4 is 17.6 Å². The van der Waals surface area contributed by atoms with Gasteiger partial charge in [0.05, 0.1) is 0 Å². The van der Waals surface area contributed by atoms with E-state index < -0.39 is 5.97 Å². The second kappa shape index (κ2) is 3.98. The Morgan fingerprint density at radius 1 is 1.50 bits per heavy atom. The molecule has 0 aliphatic rings. The molecule has 0 saturated carbocycles. The summed E-state index contributed by atoms with van der Waals surface area (Å²) in [6.45, 7) is 1.91. The minimum absolute atomic E-state index is 0.104. The predicted molar refractivity (Wildman–Crippen MR) is 58.6 cm³/mol. The van der Waals surface area contributed by atoms with Gasteiger partial charge in [-0.05, 0) is 24.6 Å². The maximum absolute atomic E-state index is 11.0. The highest BCUT2D eigenvalue weighted by Crippen LogP contribution is 2.28. The van der Waals surface area contributed by atoms with Crippen molar-refractivity contribution in [1.82, 2.24) is 5.16 Å². The highest BCUT2D eigenvalue weighted by Gasteiger charge is 2.22. The summed E-state index contributed by atoms with van der Waals surface area (Å²) < 4.78 is 4.69. The van der Waals surface area contributed by atoms with Crippen LogP contribution in [-0.2, 0) is 0 Å². The molecule has 0 fully saturated rings. The van der Waals surface area contributed by atoms with Crippen LogP contribution in [-0.4, -0.2) is 16.2 Å². The zero-order valence-electron chi connectivity index (χ0n) is 8.40. The molecule has 0 unspecified atom stereocenters. The molecule has 5 heteroatoms. The number of hydrogen-bond donors (Lipinski definition) is 1. The highest BCUT2D eigenvalue weighted by atomic mass is 35.5. The molecule has 0 aliphatic carbocycles. The average molecular weight is 238 g/mol. The van der Waals surface area contributed by atoms with E-state index in [0.717, 1.165) is 5.56 Å². The summed E-state index contributed by atoms with van der Waals surface area (Å²) in [5.41, 5.74) is 1.83. The van der Waals surface area contributed by atoms with E-state index in [9.17, 15) is 4.79 Å². The molecular formula is C11H8ClNO3. The van der Waals surface area contributed by atoms with Gasteiger partial charge in [0.1, 0.15) is 11.3 Å². The molecule has 4 nitrogen and oxygen atoms in total. The minimum Gasteiger partial charge on any atom is -0.477 e. The average Bonchev–Trinajstić information content (AvgIpc) is 2.60. The van der Waals surface area contributed by atoms with Crippen molar-refractivity contribution in [3.8, 4) is 11.3 Å². The Morgan fingerprint density at radius 3 is 2.88 bits per heavy atom. The maximum Gasteiger partial charge on any atom is 0.342 e. The Kier molecular flexibility index (Phi) is 2.66. The van der Waals surface area contributed by atoms with Crippen molar-refractivity contribution in [2.75, 3.05) is 0 Å². The molecular weight excluding hydrogens is 230 g/mol. The van der Waals surface area contributed by atoms with Crippen LogP contribution in [0.2, 0.25) is 5.22 Å². The molecule has 0 saturated heterocycles. The lowest BCUT2D eigenvalue weighted by molar-refractivity contribution is 0.0697. The summed E-state index contributed by atoms with van der Waals surface area (Å²) in [7, 11) is 0. The lowest BCUT2D eigenvalue weighted by Crippen LogP contribution is -1.97. The molecule has 1 aromatic heterocycles. The first-order valence-electron chi connectivity index (χ1n) is 4.55. The number of nitrogens with zero attached hydrogens (tertiary/aromatic N) is 1. The largest absolute Gasteiger partial charge is 0.477 e. The van der Waals surface area contributed by atoms with Crippen LogP contribution >= 0.6 is 11.6 Å². The standard InChI is InChI=1S/C11H8ClNO3/c1-6-3-2-4-7(5-6)9-8(11(14)15)10(12)16-13-9/h2-5H,1H3,(H,14,15). The van der Waals surface area contributed by atoms with Crippen LogP contribution in [0, 0.1) is 6.92 Å². The topological polar surface area (TPSA) is 63.3 Å². The van der Waals surface area contributed by atoms with Crippen LogP contribution in [0.4, 0.5) is 0 Å². The van der Waals surface area contributed by atoms with Crippen molar-refractivity contribution in [2.24, 2.45) is 0 Å². The first-order valence-corrected chi connectivity index (χ1v) is 4.93. The van der Waals surface area contributed by atoms with Gasteiger partial charge in [-0.15, -0.1) is 0 Å². The number of aryl methyl sites for hydroxylation is 1. The Hall–Kier alpha value is -1.81. The third-order valence-electron chi connectivity index (χ3n) is 2.16. The van der Waals surface area contributed by atoms with Crippen LogP contribution in [0.3, 0.4) is 0 Å². The number of carboxylic acid groups (broad SMARTS) is 1. The van der Waals surface area contributed by atoms with E-state index in [1.807, 2.05) is 25.1 Å². The molecule has 82 valence electrons. The van der Waals surface area contributed by atoms with Gasteiger partial charge in [0.2, 0.25) is 5.22 Å². The molecule has 0 aliphatic heterocycles. The fourth-order valence-electron chi connectivity index (χ4n) is 1.44. The fraction of sp³-hybridized carbons (Fsp3) is 0.0909. The lowest BCUT2D eigenvalue weighted by atomic mass is 10.1. The van der Waals surface area contributed by atoms with Gasteiger partial charge < -0.3 is 9.63 Å². The molecule has 0 spiro atoms. The van der Waals surface area contributed by atoms with E-state index >= 15 is 0 Å². The van der Waals surface area contributed by atoms with Crippen molar-refractivity contribution in [2.45, 2.75) is 6.92 Å². The fourth-order valence-corrected chi connectivity index (χ4v) is 1.65. The van der Waals surface area contributed by atoms with Gasteiger partial charge in [-0.1, -0.05) is 28.9 Å². The molecule has 2 aromatic rings. The van der Waals surface area contributed by atoms with Crippen molar-refractivity contribution < 1.29 is 14.4 Å². The van der Waals surface area contributed by atoms with Crippen molar-refractivity contribution in [3.05, 3.63) is 40.6 Å². The summed E-state index contributed by atoms with van der Waals surface area (Å²) >= 11 is 5.62. The quantitative estimate of drug-likeness (QED) is 0.872. The smallest absolute Gasteiger partial charge is 0.342 e. The number of aromatic carboxylic acids is 1. The summed E-state index contributed by atoms with van der Waals surface area (Å²) in [6, 6.07) is 7.30. The van der Waals surface area contributed by atoms with Gasteiger partial charge in [-0.2, -0.15) is 0 Å². The van der Waals surface area contributed by atoms with Gasteiger partial charge in [-0.3, -0.25) is 0 Å².